The van der Waals surface area contributed by atoms with Crippen LogP contribution in [0.2, 0.25) is 0 Å². The molecule has 0 aliphatic heterocycles. The quantitative estimate of drug-likeness (QED) is 0.808. The number of aromatic nitrogens is 2. The summed E-state index contributed by atoms with van der Waals surface area (Å²) in [7, 11) is 0. The smallest absolute Gasteiger partial charge is 0.367 e. The van der Waals surface area contributed by atoms with Crippen molar-refractivity contribution in [3.63, 3.8) is 0 Å². The summed E-state index contributed by atoms with van der Waals surface area (Å²) in [6.45, 7) is 1.44. The zero-order valence-corrected chi connectivity index (χ0v) is 12.8. The van der Waals surface area contributed by atoms with Crippen LogP contribution in [0.5, 0.6) is 0 Å². The molecule has 0 radical (unpaired) electrons. The van der Waals surface area contributed by atoms with Crippen LogP contribution in [0.15, 0.2) is 30.5 Å². The van der Waals surface area contributed by atoms with Gasteiger partial charge in [0, 0.05) is 23.5 Å². The Kier molecular flexibility index (Phi) is 4.13. The number of benzene rings is 1. The number of carbonyl (C=O) groups is 1. The lowest BCUT2D eigenvalue weighted by atomic mass is 10.1. The van der Waals surface area contributed by atoms with Crippen LogP contribution in [0.25, 0.3) is 0 Å². The summed E-state index contributed by atoms with van der Waals surface area (Å²) >= 11 is 0. The molecule has 8 heteroatoms. The molecule has 0 saturated heterocycles. The number of carbonyl (C=O) groups excluding carboxylic acids is 1. The largest absolute Gasteiger partial charge is 0.421 e. The van der Waals surface area contributed by atoms with Gasteiger partial charge in [0.2, 0.25) is 5.95 Å². The van der Waals surface area contributed by atoms with Crippen LogP contribution in [0.1, 0.15) is 35.7 Å². The van der Waals surface area contributed by atoms with Gasteiger partial charge < -0.3 is 10.6 Å². The zero-order chi connectivity index (χ0) is 17.3. The second-order valence-corrected chi connectivity index (χ2v) is 5.63. The van der Waals surface area contributed by atoms with Crippen molar-refractivity contribution < 1.29 is 18.0 Å². The minimum absolute atomic E-state index is 0.0230. The highest BCUT2D eigenvalue weighted by molar-refractivity contribution is 5.95. The summed E-state index contributed by atoms with van der Waals surface area (Å²) in [5.41, 5.74) is 0.125. The Morgan fingerprint density at radius 1 is 1.29 bits per heavy atom. The number of Topliss-reactive ketones (excluding diaryl/α,β-unsaturated/α-hetero) is 1. The molecule has 0 bridgehead atoms. The summed E-state index contributed by atoms with van der Waals surface area (Å²) in [5, 5.41) is 5.61. The first kappa shape index (κ1) is 16.2. The Hall–Kier alpha value is -2.64. The number of halogens is 3. The molecule has 5 nitrogen and oxygen atoms in total. The van der Waals surface area contributed by atoms with Gasteiger partial charge in [-0.05, 0) is 31.9 Å². The van der Waals surface area contributed by atoms with Gasteiger partial charge >= 0.3 is 6.18 Å². The summed E-state index contributed by atoms with van der Waals surface area (Å²) in [6.07, 6.45) is -2.12. The minimum Gasteiger partial charge on any atom is -0.367 e. The molecule has 1 aliphatic carbocycles. The minimum atomic E-state index is -4.52. The summed E-state index contributed by atoms with van der Waals surface area (Å²) < 4.78 is 39.1. The van der Waals surface area contributed by atoms with Crippen LogP contribution in [0.4, 0.5) is 30.6 Å². The van der Waals surface area contributed by atoms with Gasteiger partial charge in [-0.25, -0.2) is 4.98 Å². The number of hydrogen-bond acceptors (Lipinski definition) is 5. The zero-order valence-electron chi connectivity index (χ0n) is 12.8. The fraction of sp³-hybridized carbons (Fsp3) is 0.312. The monoisotopic (exact) mass is 336 g/mol. The highest BCUT2D eigenvalue weighted by Crippen LogP contribution is 2.36. The molecule has 0 spiro atoms. The Balaban J connectivity index is 1.88. The van der Waals surface area contributed by atoms with Gasteiger partial charge in [0.05, 0.1) is 0 Å². The average Bonchev–Trinajstić information content (AvgIpc) is 3.30. The first-order valence-corrected chi connectivity index (χ1v) is 7.42. The van der Waals surface area contributed by atoms with Gasteiger partial charge in [0.25, 0.3) is 0 Å². The molecule has 0 amide bonds. The van der Waals surface area contributed by atoms with E-state index in [1.807, 2.05) is 0 Å². The number of hydrogen-bond donors (Lipinski definition) is 2. The molecule has 1 aromatic carbocycles. The molecule has 3 rings (SSSR count). The van der Waals surface area contributed by atoms with E-state index in [9.17, 15) is 18.0 Å². The predicted molar refractivity (Wildman–Crippen MR) is 83.4 cm³/mol. The molecule has 0 unspecified atom stereocenters. The molecule has 24 heavy (non-hydrogen) atoms. The van der Waals surface area contributed by atoms with Crippen molar-refractivity contribution in [3.05, 3.63) is 41.6 Å². The standard InChI is InChI=1S/C16H15F3N4O/c1-9(24)10-3-2-4-12(7-10)22-15-20-8-13(16(17,18)19)14(23-15)21-11-5-6-11/h2-4,7-8,11H,5-6H2,1H3,(H2,20,21,22,23). The summed E-state index contributed by atoms with van der Waals surface area (Å²) in [4.78, 5) is 19.1. The van der Waals surface area contributed by atoms with Gasteiger partial charge in [-0.3, -0.25) is 4.79 Å². The van der Waals surface area contributed by atoms with Crippen LogP contribution >= 0.6 is 0 Å². The van der Waals surface area contributed by atoms with Gasteiger partial charge in [-0.1, -0.05) is 12.1 Å². The van der Waals surface area contributed by atoms with E-state index in [1.54, 1.807) is 24.3 Å². The first-order chi connectivity index (χ1) is 11.3. The van der Waals surface area contributed by atoms with Crippen LogP contribution in [-0.4, -0.2) is 21.8 Å². The summed E-state index contributed by atoms with van der Waals surface area (Å²) in [6, 6.07) is 6.63. The van der Waals surface area contributed by atoms with Gasteiger partial charge in [0.15, 0.2) is 5.78 Å². The fourth-order valence-corrected chi connectivity index (χ4v) is 2.13. The Morgan fingerprint density at radius 3 is 2.67 bits per heavy atom. The van der Waals surface area contributed by atoms with Gasteiger partial charge in [0.1, 0.15) is 11.4 Å². The van der Waals surface area contributed by atoms with E-state index in [4.69, 9.17) is 0 Å². The predicted octanol–water partition coefficient (Wildman–Crippen LogP) is 4.02. The van der Waals surface area contributed by atoms with Crippen LogP contribution < -0.4 is 10.6 Å². The number of rotatable bonds is 5. The van der Waals surface area contributed by atoms with E-state index in [-0.39, 0.29) is 23.6 Å². The second-order valence-electron chi connectivity index (χ2n) is 5.63. The van der Waals surface area contributed by atoms with E-state index < -0.39 is 11.7 Å². The third-order valence-corrected chi connectivity index (χ3v) is 3.54. The maximum atomic E-state index is 13.0. The third kappa shape index (κ3) is 3.81. The van der Waals surface area contributed by atoms with Crippen molar-refractivity contribution in [2.75, 3.05) is 10.6 Å². The molecule has 126 valence electrons. The maximum absolute atomic E-state index is 13.0. The number of ketones is 1. The summed E-state index contributed by atoms with van der Waals surface area (Å²) in [5.74, 6) is -0.305. The molecular formula is C16H15F3N4O. The van der Waals surface area contributed by atoms with E-state index in [2.05, 4.69) is 20.6 Å². The van der Waals surface area contributed by atoms with Crippen molar-refractivity contribution >= 4 is 23.2 Å². The van der Waals surface area contributed by atoms with Crippen molar-refractivity contribution in [2.45, 2.75) is 32.0 Å². The van der Waals surface area contributed by atoms with Crippen LogP contribution in [0, 0.1) is 0 Å². The fourth-order valence-electron chi connectivity index (χ4n) is 2.13. The Morgan fingerprint density at radius 2 is 2.04 bits per heavy atom. The van der Waals surface area contributed by atoms with Gasteiger partial charge in [-0.15, -0.1) is 0 Å². The van der Waals surface area contributed by atoms with E-state index >= 15 is 0 Å². The lowest BCUT2D eigenvalue weighted by molar-refractivity contribution is -0.137. The Labute approximate surface area is 136 Å². The molecule has 2 N–H and O–H groups in total. The second kappa shape index (κ2) is 6.10. The molecule has 1 saturated carbocycles. The normalized spacial score (nSPS) is 14.3. The average molecular weight is 336 g/mol. The van der Waals surface area contributed by atoms with Crippen LogP contribution in [-0.2, 0) is 6.18 Å². The topological polar surface area (TPSA) is 66.9 Å². The molecule has 1 heterocycles. The Bertz CT molecular complexity index is 772. The van der Waals surface area contributed by atoms with E-state index in [0.29, 0.717) is 11.3 Å². The maximum Gasteiger partial charge on any atom is 0.421 e. The SMILES string of the molecule is CC(=O)c1cccc(Nc2ncc(C(F)(F)F)c(NC3CC3)n2)c1. The number of alkyl halides is 3. The highest BCUT2D eigenvalue weighted by atomic mass is 19.4. The van der Waals surface area contributed by atoms with Crippen molar-refractivity contribution in [2.24, 2.45) is 0 Å². The van der Waals surface area contributed by atoms with E-state index in [1.165, 1.54) is 6.92 Å². The van der Waals surface area contributed by atoms with Crippen LogP contribution in [0.3, 0.4) is 0 Å². The molecule has 2 aromatic rings. The molecule has 1 fully saturated rings. The molecule has 0 atom stereocenters. The lowest BCUT2D eigenvalue weighted by Crippen LogP contribution is -2.15. The van der Waals surface area contributed by atoms with E-state index in [0.717, 1.165) is 19.0 Å². The first-order valence-electron chi connectivity index (χ1n) is 7.42. The van der Waals surface area contributed by atoms with Gasteiger partial charge in [-0.2, -0.15) is 18.2 Å². The molecule has 1 aliphatic rings. The van der Waals surface area contributed by atoms with Crippen molar-refractivity contribution in [1.29, 1.82) is 0 Å². The number of anilines is 3. The highest BCUT2D eigenvalue weighted by Gasteiger charge is 2.36. The molecule has 1 aromatic heterocycles. The van der Waals surface area contributed by atoms with Crippen molar-refractivity contribution in [3.8, 4) is 0 Å². The molecular weight excluding hydrogens is 321 g/mol. The lowest BCUT2D eigenvalue weighted by Gasteiger charge is -2.14. The number of nitrogens with one attached hydrogen (secondary N) is 2. The van der Waals surface area contributed by atoms with Crippen molar-refractivity contribution in [1.82, 2.24) is 9.97 Å². The number of nitrogens with zero attached hydrogens (tertiary/aromatic N) is 2. The third-order valence-electron chi connectivity index (χ3n) is 3.54.